The molecule has 1 aliphatic rings. The van der Waals surface area contributed by atoms with Gasteiger partial charge in [-0.05, 0) is 17.7 Å². The van der Waals surface area contributed by atoms with Gasteiger partial charge in [0, 0.05) is 0 Å². The second kappa shape index (κ2) is 4.86. The summed E-state index contributed by atoms with van der Waals surface area (Å²) in [4.78, 5) is 21.6. The molecule has 0 aromatic heterocycles. The van der Waals surface area contributed by atoms with E-state index in [0.29, 0.717) is 0 Å². The maximum atomic E-state index is 11.0. The summed E-state index contributed by atoms with van der Waals surface area (Å²) in [5, 5.41) is -1.65. The van der Waals surface area contributed by atoms with Crippen molar-refractivity contribution in [2.75, 3.05) is 7.11 Å². The summed E-state index contributed by atoms with van der Waals surface area (Å²) in [6.45, 7) is 0. The molecule has 0 radical (unpaired) electrons. The number of rotatable bonds is 2. The Hall–Kier alpha value is -0.730. The predicted octanol–water partition coefficient (Wildman–Crippen LogP) is 2.15. The van der Waals surface area contributed by atoms with Gasteiger partial charge in [0.1, 0.15) is 17.1 Å². The third-order valence-electron chi connectivity index (χ3n) is 1.82. The van der Waals surface area contributed by atoms with Crippen molar-refractivity contribution in [1.82, 2.24) is 0 Å². The summed E-state index contributed by atoms with van der Waals surface area (Å²) >= 11 is 16.9. The van der Waals surface area contributed by atoms with Crippen LogP contribution in [0.5, 0.6) is 0 Å². The summed E-state index contributed by atoms with van der Waals surface area (Å²) in [7, 11) is 1.32. The Morgan fingerprint density at radius 2 is 2.20 bits per heavy atom. The number of methoxy groups -OCH3 is 1. The van der Waals surface area contributed by atoms with Gasteiger partial charge in [0.25, 0.3) is 5.24 Å². The molecule has 0 bridgehead atoms. The number of ether oxygens (including phenoxy) is 1. The van der Waals surface area contributed by atoms with Crippen LogP contribution in [-0.4, -0.2) is 23.7 Å². The Balaban J connectivity index is 3.38. The third kappa shape index (κ3) is 2.27. The second-order valence-electron chi connectivity index (χ2n) is 2.63. The summed E-state index contributed by atoms with van der Waals surface area (Å²) in [5.74, 6) is 1.69. The molecule has 0 N–H and O–H groups in total. The standard InChI is InChI=1S/C9H5Cl3O3/c1-15-8-4(9(12)14)2-6(10)5(3-13)7(8)11/h2,7H,1H3. The molecular weight excluding hydrogens is 262 g/mol. The van der Waals surface area contributed by atoms with Crippen molar-refractivity contribution in [3.8, 4) is 0 Å². The molecule has 0 saturated carbocycles. The number of allylic oxidation sites excluding steroid dienone is 4. The molecule has 0 aromatic carbocycles. The van der Waals surface area contributed by atoms with E-state index >= 15 is 0 Å². The van der Waals surface area contributed by atoms with Crippen LogP contribution in [0.4, 0.5) is 0 Å². The molecule has 80 valence electrons. The lowest BCUT2D eigenvalue weighted by Crippen LogP contribution is -2.18. The minimum atomic E-state index is -0.942. The lowest BCUT2D eigenvalue weighted by Gasteiger charge is -2.19. The second-order valence-corrected chi connectivity index (χ2v) is 3.81. The van der Waals surface area contributed by atoms with Gasteiger partial charge in [0.05, 0.1) is 23.3 Å². The van der Waals surface area contributed by atoms with Crippen LogP contribution in [0.2, 0.25) is 0 Å². The molecule has 0 saturated heterocycles. The lowest BCUT2D eigenvalue weighted by molar-refractivity contribution is -0.108. The smallest absolute Gasteiger partial charge is 0.255 e. The van der Waals surface area contributed by atoms with Crippen molar-refractivity contribution in [1.29, 1.82) is 0 Å². The molecule has 0 spiro atoms. The quantitative estimate of drug-likeness (QED) is 0.437. The Bertz CT molecular complexity index is 416. The van der Waals surface area contributed by atoms with Crippen molar-refractivity contribution < 1.29 is 14.3 Å². The zero-order valence-corrected chi connectivity index (χ0v) is 9.78. The van der Waals surface area contributed by atoms with Crippen LogP contribution in [-0.2, 0) is 14.3 Å². The highest BCUT2D eigenvalue weighted by Gasteiger charge is 2.30. The van der Waals surface area contributed by atoms with Crippen molar-refractivity contribution >= 4 is 46.0 Å². The molecule has 1 unspecified atom stereocenters. The molecule has 0 heterocycles. The third-order valence-corrected chi connectivity index (χ3v) is 2.75. The van der Waals surface area contributed by atoms with Crippen LogP contribution in [0, 0.1) is 0 Å². The fraction of sp³-hybridized carbons (Fsp3) is 0.222. The Labute approximate surface area is 101 Å². The molecule has 3 nitrogen and oxygen atoms in total. The highest BCUT2D eigenvalue weighted by Crippen LogP contribution is 2.34. The van der Waals surface area contributed by atoms with Gasteiger partial charge in [-0.25, -0.2) is 4.79 Å². The maximum Gasteiger partial charge on any atom is 0.255 e. The molecule has 1 atom stereocenters. The number of hydrogen-bond acceptors (Lipinski definition) is 3. The van der Waals surface area contributed by atoms with Gasteiger partial charge in [-0.3, -0.25) is 4.79 Å². The minimum absolute atomic E-state index is 0.0249. The van der Waals surface area contributed by atoms with Crippen molar-refractivity contribution in [3.63, 3.8) is 0 Å². The molecule has 1 rings (SSSR count). The van der Waals surface area contributed by atoms with E-state index in [0.717, 1.165) is 0 Å². The maximum absolute atomic E-state index is 11.0. The average Bonchev–Trinajstić information content (AvgIpc) is 2.17. The summed E-state index contributed by atoms with van der Waals surface area (Å²) in [6, 6.07) is 0. The van der Waals surface area contributed by atoms with E-state index in [9.17, 15) is 9.59 Å². The first kappa shape index (κ1) is 12.3. The van der Waals surface area contributed by atoms with Crippen LogP contribution in [0.25, 0.3) is 0 Å². The SMILES string of the molecule is COC1=C(C(=O)Cl)C=C(Cl)C(=C=O)C1Cl. The zero-order chi connectivity index (χ0) is 11.6. The molecule has 6 heteroatoms. The first-order valence-electron chi connectivity index (χ1n) is 3.77. The monoisotopic (exact) mass is 266 g/mol. The van der Waals surface area contributed by atoms with Crippen molar-refractivity contribution in [2.45, 2.75) is 5.38 Å². The Morgan fingerprint density at radius 1 is 1.60 bits per heavy atom. The molecule has 1 aliphatic carbocycles. The van der Waals surface area contributed by atoms with Crippen LogP contribution in [0.15, 0.2) is 28.0 Å². The van der Waals surface area contributed by atoms with E-state index in [1.165, 1.54) is 13.2 Å². The van der Waals surface area contributed by atoms with E-state index in [1.54, 1.807) is 5.94 Å². The van der Waals surface area contributed by atoms with E-state index in [4.69, 9.17) is 39.5 Å². The summed E-state index contributed by atoms with van der Waals surface area (Å²) in [5.41, 5.74) is 0.0695. The number of halogens is 3. The molecule has 0 aromatic rings. The Morgan fingerprint density at radius 3 is 2.60 bits per heavy atom. The van der Waals surface area contributed by atoms with Crippen LogP contribution in [0.1, 0.15) is 0 Å². The van der Waals surface area contributed by atoms with Gasteiger partial charge in [-0.1, -0.05) is 11.6 Å². The number of carbonyl (C=O) groups is 1. The predicted molar refractivity (Wildman–Crippen MR) is 57.7 cm³/mol. The number of alkyl halides is 1. The topological polar surface area (TPSA) is 43.4 Å². The van der Waals surface area contributed by atoms with Gasteiger partial charge >= 0.3 is 0 Å². The van der Waals surface area contributed by atoms with E-state index in [1.807, 2.05) is 0 Å². The number of hydrogen-bond donors (Lipinski definition) is 0. The first-order valence-corrected chi connectivity index (χ1v) is 4.96. The van der Waals surface area contributed by atoms with E-state index in [-0.39, 0.29) is 21.9 Å². The van der Waals surface area contributed by atoms with Crippen LogP contribution in [0.3, 0.4) is 0 Å². The molecule has 0 fully saturated rings. The highest BCUT2D eigenvalue weighted by atomic mass is 35.5. The molecule has 15 heavy (non-hydrogen) atoms. The van der Waals surface area contributed by atoms with Gasteiger partial charge in [0.2, 0.25) is 0 Å². The van der Waals surface area contributed by atoms with Crippen molar-refractivity contribution in [3.05, 3.63) is 28.0 Å². The van der Waals surface area contributed by atoms with Gasteiger partial charge in [0.15, 0.2) is 0 Å². The van der Waals surface area contributed by atoms with E-state index < -0.39 is 10.6 Å². The van der Waals surface area contributed by atoms with Gasteiger partial charge in [-0.15, -0.1) is 11.6 Å². The zero-order valence-electron chi connectivity index (χ0n) is 7.51. The van der Waals surface area contributed by atoms with E-state index in [2.05, 4.69) is 0 Å². The minimum Gasteiger partial charge on any atom is -0.498 e. The molecular formula is C9H5Cl3O3. The fourth-order valence-corrected chi connectivity index (χ4v) is 1.96. The van der Waals surface area contributed by atoms with Crippen LogP contribution >= 0.6 is 34.8 Å². The molecule has 0 amide bonds. The summed E-state index contributed by atoms with van der Waals surface area (Å²) < 4.78 is 4.90. The highest BCUT2D eigenvalue weighted by molar-refractivity contribution is 6.68. The van der Waals surface area contributed by atoms with Crippen LogP contribution < -0.4 is 0 Å². The normalized spacial score (nSPS) is 20.9. The van der Waals surface area contributed by atoms with Gasteiger partial charge < -0.3 is 4.74 Å². The first-order chi connectivity index (χ1) is 7.02. The summed E-state index contributed by atoms with van der Waals surface area (Å²) in [6.07, 6.45) is 1.23. The van der Waals surface area contributed by atoms with Gasteiger partial charge in [-0.2, -0.15) is 0 Å². The largest absolute Gasteiger partial charge is 0.498 e. The fourth-order valence-electron chi connectivity index (χ4n) is 1.13. The number of carbonyl (C=O) groups excluding carboxylic acids is 2. The lowest BCUT2D eigenvalue weighted by atomic mass is 10.0. The average molecular weight is 267 g/mol. The molecule has 0 aliphatic heterocycles. The van der Waals surface area contributed by atoms with Crippen molar-refractivity contribution in [2.24, 2.45) is 0 Å². The Kier molecular flexibility index (Phi) is 4.00.